The lowest BCUT2D eigenvalue weighted by Gasteiger charge is -2.14. The molecule has 0 fully saturated rings. The fourth-order valence-electron chi connectivity index (χ4n) is 8.50. The highest BCUT2D eigenvalue weighted by Gasteiger charge is 2.20. The number of para-hydroxylation sites is 4. The van der Waals surface area contributed by atoms with Crippen LogP contribution in [0.1, 0.15) is 0 Å². The van der Waals surface area contributed by atoms with Gasteiger partial charge in [-0.1, -0.05) is 115 Å². The number of aromatic nitrogens is 3. The molecular formula is C52H31N3OS. The zero-order chi connectivity index (χ0) is 37.5. The van der Waals surface area contributed by atoms with Gasteiger partial charge in [0, 0.05) is 53.1 Å². The van der Waals surface area contributed by atoms with Crippen molar-refractivity contribution in [3.63, 3.8) is 0 Å². The van der Waals surface area contributed by atoms with Crippen molar-refractivity contribution in [2.24, 2.45) is 0 Å². The molecule has 0 bridgehead atoms. The van der Waals surface area contributed by atoms with Gasteiger partial charge in [-0.2, -0.15) is 0 Å². The number of fused-ring (bicyclic) bond motifs is 9. The van der Waals surface area contributed by atoms with E-state index in [1.807, 2.05) is 35.6 Å². The van der Waals surface area contributed by atoms with Gasteiger partial charge in [-0.3, -0.25) is 4.57 Å². The minimum Gasteiger partial charge on any atom is -0.454 e. The number of thiophene rings is 1. The van der Waals surface area contributed by atoms with Gasteiger partial charge in [-0.15, -0.1) is 11.3 Å². The Bertz CT molecular complexity index is 3520. The monoisotopic (exact) mass is 745 g/mol. The molecule has 0 spiro atoms. The largest absolute Gasteiger partial charge is 0.454 e. The Morgan fingerprint density at radius 2 is 1.07 bits per heavy atom. The van der Waals surface area contributed by atoms with Gasteiger partial charge in [-0.05, 0) is 95.1 Å². The Labute approximate surface area is 331 Å². The molecular weight excluding hydrogens is 715 g/mol. The van der Waals surface area contributed by atoms with Crippen molar-refractivity contribution in [2.75, 3.05) is 0 Å². The quantitative estimate of drug-likeness (QED) is 0.176. The number of benzene rings is 8. The van der Waals surface area contributed by atoms with E-state index in [1.165, 1.54) is 20.2 Å². The van der Waals surface area contributed by atoms with Crippen LogP contribution in [0.15, 0.2) is 192 Å². The molecule has 57 heavy (non-hydrogen) atoms. The fraction of sp³-hybridized carbons (Fsp3) is 0. The minimum absolute atomic E-state index is 0.799. The van der Waals surface area contributed by atoms with E-state index in [4.69, 9.17) is 14.4 Å². The molecule has 0 amide bonds. The summed E-state index contributed by atoms with van der Waals surface area (Å²) in [6.07, 6.45) is 0. The predicted molar refractivity (Wildman–Crippen MR) is 238 cm³/mol. The second-order valence-electron chi connectivity index (χ2n) is 14.6. The molecule has 12 aromatic rings. The van der Waals surface area contributed by atoms with E-state index in [1.54, 1.807) is 0 Å². The van der Waals surface area contributed by atoms with Crippen molar-refractivity contribution >= 4 is 75.4 Å². The average molecular weight is 746 g/mol. The van der Waals surface area contributed by atoms with Gasteiger partial charge in [0.25, 0.3) is 0 Å². The van der Waals surface area contributed by atoms with Gasteiger partial charge in [-0.25, -0.2) is 9.97 Å². The second kappa shape index (κ2) is 12.6. The number of pyridine rings is 1. The highest BCUT2D eigenvalue weighted by atomic mass is 32.1. The van der Waals surface area contributed by atoms with E-state index in [-0.39, 0.29) is 0 Å². The van der Waals surface area contributed by atoms with Crippen LogP contribution in [-0.4, -0.2) is 14.5 Å². The first-order valence-corrected chi connectivity index (χ1v) is 20.0. The van der Waals surface area contributed by atoms with Crippen LogP contribution >= 0.6 is 11.3 Å². The number of hydrogen-bond donors (Lipinski definition) is 0. The van der Waals surface area contributed by atoms with E-state index >= 15 is 0 Å². The van der Waals surface area contributed by atoms with E-state index in [9.17, 15) is 0 Å². The molecule has 0 atom stereocenters. The van der Waals surface area contributed by atoms with Crippen molar-refractivity contribution in [1.82, 2.24) is 14.5 Å². The third-order valence-electron chi connectivity index (χ3n) is 11.2. The van der Waals surface area contributed by atoms with Crippen LogP contribution in [0.2, 0.25) is 0 Å². The molecule has 4 heterocycles. The van der Waals surface area contributed by atoms with Gasteiger partial charge in [0.2, 0.25) is 0 Å². The summed E-state index contributed by atoms with van der Waals surface area (Å²) < 4.78 is 11.5. The predicted octanol–water partition coefficient (Wildman–Crippen LogP) is 14.5. The lowest BCUT2D eigenvalue weighted by molar-refractivity contribution is 0.669. The molecule has 4 aromatic heterocycles. The summed E-state index contributed by atoms with van der Waals surface area (Å²) in [7, 11) is 0. The SMILES string of the molecule is c1ccc(-c2nc3ccccc3n2-c2ccc(-c3cc(-c4ccc5sc6ccccc6c5c4)cc(-c4nc5ccccc5c5c4oc4ccccc45)c3)cc2)cc1. The van der Waals surface area contributed by atoms with Gasteiger partial charge in [0.05, 0.1) is 16.6 Å². The van der Waals surface area contributed by atoms with Crippen LogP contribution < -0.4 is 0 Å². The van der Waals surface area contributed by atoms with Crippen LogP contribution in [0.4, 0.5) is 0 Å². The molecule has 0 aliphatic heterocycles. The van der Waals surface area contributed by atoms with E-state index in [0.717, 1.165) is 94.5 Å². The van der Waals surface area contributed by atoms with Crippen molar-refractivity contribution < 1.29 is 4.42 Å². The number of rotatable bonds is 5. The third-order valence-corrected chi connectivity index (χ3v) is 12.3. The first kappa shape index (κ1) is 32.0. The topological polar surface area (TPSA) is 43.9 Å². The average Bonchev–Trinajstić information content (AvgIpc) is 3.98. The van der Waals surface area contributed by atoms with Gasteiger partial charge >= 0.3 is 0 Å². The Morgan fingerprint density at radius 1 is 0.421 bits per heavy atom. The zero-order valence-electron chi connectivity index (χ0n) is 30.6. The lowest BCUT2D eigenvalue weighted by atomic mass is 9.93. The molecule has 0 aliphatic carbocycles. The Kier molecular flexibility index (Phi) is 7.06. The number of imidazole rings is 1. The fourth-order valence-corrected chi connectivity index (χ4v) is 9.59. The summed E-state index contributed by atoms with van der Waals surface area (Å²) in [4.78, 5) is 10.4. The maximum Gasteiger partial charge on any atom is 0.162 e. The first-order valence-electron chi connectivity index (χ1n) is 19.1. The van der Waals surface area contributed by atoms with Crippen molar-refractivity contribution in [1.29, 1.82) is 0 Å². The highest BCUT2D eigenvalue weighted by molar-refractivity contribution is 7.25. The molecule has 0 saturated carbocycles. The summed E-state index contributed by atoms with van der Waals surface area (Å²) in [5.74, 6) is 0.919. The minimum atomic E-state index is 0.799. The van der Waals surface area contributed by atoms with Crippen LogP contribution in [0.3, 0.4) is 0 Å². The Hall–Kier alpha value is -7.34. The number of hydrogen-bond acceptors (Lipinski definition) is 4. The van der Waals surface area contributed by atoms with Crippen molar-refractivity contribution in [2.45, 2.75) is 0 Å². The summed E-state index contributed by atoms with van der Waals surface area (Å²) >= 11 is 1.84. The maximum atomic E-state index is 6.70. The van der Waals surface area contributed by atoms with E-state index < -0.39 is 0 Å². The summed E-state index contributed by atoms with van der Waals surface area (Å²) in [6, 6.07) is 66.7. The van der Waals surface area contributed by atoms with E-state index in [2.05, 4.69) is 168 Å². The van der Waals surface area contributed by atoms with Crippen molar-refractivity contribution in [3.05, 3.63) is 188 Å². The number of nitrogens with zero attached hydrogens (tertiary/aromatic N) is 3. The maximum absolute atomic E-state index is 6.70. The van der Waals surface area contributed by atoms with Crippen LogP contribution in [0.25, 0.3) is 115 Å². The van der Waals surface area contributed by atoms with Crippen LogP contribution in [-0.2, 0) is 0 Å². The standard InChI is InChI=1S/C52H31N3OS/c1-2-12-33(13-3-1)52-54-44-18-8-9-19-45(44)55(52)38-25-22-32(23-26-38)35-28-36(34-24-27-48-42(31-34)39-14-6-11-21-47(39)57-48)30-37(29-35)50-51-49(40-15-4-7-17-43(40)53-50)41-16-5-10-20-46(41)56-51/h1-31H. The molecule has 0 unspecified atom stereocenters. The second-order valence-corrected chi connectivity index (χ2v) is 15.6. The molecule has 0 saturated heterocycles. The van der Waals surface area contributed by atoms with Crippen LogP contribution in [0.5, 0.6) is 0 Å². The first-order chi connectivity index (χ1) is 28.2. The zero-order valence-corrected chi connectivity index (χ0v) is 31.4. The lowest BCUT2D eigenvalue weighted by Crippen LogP contribution is -1.97. The highest BCUT2D eigenvalue weighted by Crippen LogP contribution is 2.43. The molecule has 0 N–H and O–H groups in total. The van der Waals surface area contributed by atoms with Gasteiger partial charge in [0.1, 0.15) is 17.1 Å². The van der Waals surface area contributed by atoms with E-state index in [0.29, 0.717) is 0 Å². The molecule has 0 radical (unpaired) electrons. The van der Waals surface area contributed by atoms with Crippen LogP contribution in [0, 0.1) is 0 Å². The normalized spacial score (nSPS) is 11.9. The Morgan fingerprint density at radius 3 is 1.93 bits per heavy atom. The smallest absolute Gasteiger partial charge is 0.162 e. The molecule has 266 valence electrons. The Balaban J connectivity index is 1.07. The van der Waals surface area contributed by atoms with Gasteiger partial charge in [0.15, 0.2) is 5.58 Å². The number of furan rings is 1. The molecule has 8 aromatic carbocycles. The van der Waals surface area contributed by atoms with Gasteiger partial charge < -0.3 is 4.42 Å². The molecule has 12 rings (SSSR count). The third kappa shape index (κ3) is 5.13. The summed E-state index contributed by atoms with van der Waals surface area (Å²) in [6.45, 7) is 0. The van der Waals surface area contributed by atoms with Crippen molar-refractivity contribution in [3.8, 4) is 50.6 Å². The summed E-state index contributed by atoms with van der Waals surface area (Å²) in [5, 5.41) is 5.83. The molecule has 0 aliphatic rings. The molecule has 5 heteroatoms. The summed E-state index contributed by atoms with van der Waals surface area (Å²) in [5.41, 5.74) is 13.1. The molecule has 4 nitrogen and oxygen atoms in total.